The fourth-order valence-electron chi connectivity index (χ4n) is 3.51. The Labute approximate surface area is 174 Å². The third-order valence-corrected chi connectivity index (χ3v) is 5.18. The molecule has 0 fully saturated rings. The Kier molecular flexibility index (Phi) is 4.80. The molecule has 0 spiro atoms. The van der Waals surface area contributed by atoms with Gasteiger partial charge in [0.1, 0.15) is 5.54 Å². The number of pyridine rings is 1. The van der Waals surface area contributed by atoms with Gasteiger partial charge in [-0.25, -0.2) is 4.98 Å². The largest absolute Gasteiger partial charge is 0.494 e. The van der Waals surface area contributed by atoms with Crippen molar-refractivity contribution in [3.63, 3.8) is 0 Å². The standard InChI is InChI=1S/C23H23N5O2/c1-15-8-19(17-7-5-6-16(9-17)13-30-4)26-20-12-27(22(29)21(15)20)18-10-25-28(11-18)23(2,3)14-24/h5-12,29H,13H2,1-4H3. The number of nitrogens with zero attached hydrogens (tertiary/aromatic N) is 5. The van der Waals surface area contributed by atoms with Gasteiger partial charge in [0.25, 0.3) is 0 Å². The minimum Gasteiger partial charge on any atom is -0.494 e. The molecule has 0 saturated heterocycles. The summed E-state index contributed by atoms with van der Waals surface area (Å²) in [5.41, 5.74) is 4.39. The van der Waals surface area contributed by atoms with Gasteiger partial charge < -0.3 is 9.84 Å². The minimum absolute atomic E-state index is 0.101. The number of hydrogen-bond acceptors (Lipinski definition) is 5. The van der Waals surface area contributed by atoms with Crippen LogP contribution in [0.1, 0.15) is 25.0 Å². The van der Waals surface area contributed by atoms with Crippen LogP contribution in [0.15, 0.2) is 48.9 Å². The van der Waals surface area contributed by atoms with E-state index < -0.39 is 5.54 Å². The number of aromatic hydroxyl groups is 1. The van der Waals surface area contributed by atoms with Gasteiger partial charge in [-0.05, 0) is 44.0 Å². The molecule has 1 N–H and O–H groups in total. The topological polar surface area (TPSA) is 88.9 Å². The molecule has 7 nitrogen and oxygen atoms in total. The predicted molar refractivity (Wildman–Crippen MR) is 114 cm³/mol. The maximum atomic E-state index is 10.9. The zero-order valence-electron chi connectivity index (χ0n) is 17.4. The lowest BCUT2D eigenvalue weighted by Crippen LogP contribution is -2.24. The average molecular weight is 401 g/mol. The SMILES string of the molecule is COCc1cccc(-c2cc(C)c3c(O)n(-c4cnn(C(C)(C)C#N)c4)cc3n2)c1. The Morgan fingerprint density at radius 1 is 1.23 bits per heavy atom. The first-order valence-electron chi connectivity index (χ1n) is 9.61. The highest BCUT2D eigenvalue weighted by atomic mass is 16.5. The molecule has 0 aliphatic heterocycles. The Morgan fingerprint density at radius 2 is 2.03 bits per heavy atom. The number of fused-ring (bicyclic) bond motifs is 1. The Hall–Kier alpha value is -3.63. The lowest BCUT2D eigenvalue weighted by molar-refractivity contribution is 0.185. The van der Waals surface area contributed by atoms with Gasteiger partial charge in [0, 0.05) is 18.9 Å². The van der Waals surface area contributed by atoms with Gasteiger partial charge in [0.2, 0.25) is 5.88 Å². The summed E-state index contributed by atoms with van der Waals surface area (Å²) in [5.74, 6) is 0.101. The molecule has 0 aliphatic carbocycles. The third kappa shape index (κ3) is 3.31. The molecule has 7 heteroatoms. The van der Waals surface area contributed by atoms with E-state index in [-0.39, 0.29) is 5.88 Å². The van der Waals surface area contributed by atoms with E-state index in [0.717, 1.165) is 22.4 Å². The first kappa shape index (κ1) is 19.7. The second kappa shape index (κ2) is 7.32. The number of rotatable bonds is 5. The number of methoxy groups -OCH3 is 1. The summed E-state index contributed by atoms with van der Waals surface area (Å²) in [5, 5.41) is 25.2. The van der Waals surface area contributed by atoms with Crippen LogP contribution in [0, 0.1) is 18.3 Å². The molecular weight excluding hydrogens is 378 g/mol. The highest BCUT2D eigenvalue weighted by Crippen LogP contribution is 2.34. The highest BCUT2D eigenvalue weighted by molar-refractivity contribution is 5.90. The van der Waals surface area contributed by atoms with E-state index in [4.69, 9.17) is 9.72 Å². The van der Waals surface area contributed by atoms with Crippen molar-refractivity contribution in [2.45, 2.75) is 32.9 Å². The lowest BCUT2D eigenvalue weighted by atomic mass is 10.0. The Morgan fingerprint density at radius 3 is 2.77 bits per heavy atom. The molecule has 0 saturated carbocycles. The summed E-state index contributed by atoms with van der Waals surface area (Å²) in [4.78, 5) is 4.79. The molecule has 0 unspecified atom stereocenters. The van der Waals surface area contributed by atoms with Crippen molar-refractivity contribution in [1.29, 1.82) is 5.26 Å². The number of nitriles is 1. The van der Waals surface area contributed by atoms with E-state index in [2.05, 4.69) is 17.2 Å². The van der Waals surface area contributed by atoms with Gasteiger partial charge in [0.15, 0.2) is 0 Å². The van der Waals surface area contributed by atoms with Crippen LogP contribution in [0.5, 0.6) is 5.88 Å². The van der Waals surface area contributed by atoms with Crippen LogP contribution in [0.2, 0.25) is 0 Å². The summed E-state index contributed by atoms with van der Waals surface area (Å²) in [6, 6.07) is 12.3. The predicted octanol–water partition coefficient (Wildman–Crippen LogP) is 4.31. The Balaban J connectivity index is 1.81. The molecule has 152 valence electrons. The van der Waals surface area contributed by atoms with Gasteiger partial charge in [-0.2, -0.15) is 10.4 Å². The van der Waals surface area contributed by atoms with Crippen molar-refractivity contribution in [2.75, 3.05) is 7.11 Å². The molecule has 30 heavy (non-hydrogen) atoms. The number of aromatic nitrogens is 4. The van der Waals surface area contributed by atoms with Crippen molar-refractivity contribution >= 4 is 10.9 Å². The summed E-state index contributed by atoms with van der Waals surface area (Å²) in [6.07, 6.45) is 5.16. The fraction of sp³-hybridized carbons (Fsp3) is 0.261. The van der Waals surface area contributed by atoms with Gasteiger partial charge in [-0.1, -0.05) is 18.2 Å². The number of hydrogen-bond donors (Lipinski definition) is 1. The van der Waals surface area contributed by atoms with Crippen molar-refractivity contribution in [2.24, 2.45) is 0 Å². The fourth-order valence-corrected chi connectivity index (χ4v) is 3.51. The molecule has 0 atom stereocenters. The molecule has 4 aromatic rings. The third-order valence-electron chi connectivity index (χ3n) is 5.18. The van der Waals surface area contributed by atoms with Gasteiger partial charge in [0.05, 0.1) is 47.4 Å². The Bertz CT molecular complexity index is 1280. The smallest absolute Gasteiger partial charge is 0.205 e. The lowest BCUT2D eigenvalue weighted by Gasteiger charge is -2.15. The normalized spacial score (nSPS) is 11.7. The summed E-state index contributed by atoms with van der Waals surface area (Å²) in [6.45, 7) is 6.06. The van der Waals surface area contributed by atoms with Gasteiger partial charge >= 0.3 is 0 Å². The number of benzene rings is 1. The van der Waals surface area contributed by atoms with Crippen LogP contribution in [0.25, 0.3) is 27.8 Å². The van der Waals surface area contributed by atoms with E-state index >= 15 is 0 Å². The molecule has 0 radical (unpaired) electrons. The second-order valence-electron chi connectivity index (χ2n) is 7.85. The van der Waals surface area contributed by atoms with E-state index in [1.54, 1.807) is 48.8 Å². The number of aryl methyl sites for hydroxylation is 1. The highest BCUT2D eigenvalue weighted by Gasteiger charge is 2.22. The van der Waals surface area contributed by atoms with Crippen molar-refractivity contribution in [1.82, 2.24) is 19.3 Å². The van der Waals surface area contributed by atoms with Crippen molar-refractivity contribution in [3.8, 4) is 28.9 Å². The first-order chi connectivity index (χ1) is 14.3. The summed E-state index contributed by atoms with van der Waals surface area (Å²) >= 11 is 0. The van der Waals surface area contributed by atoms with Crippen LogP contribution < -0.4 is 0 Å². The van der Waals surface area contributed by atoms with Crippen LogP contribution in [0.4, 0.5) is 0 Å². The molecule has 0 aliphatic rings. The van der Waals surface area contributed by atoms with Crippen LogP contribution in [0.3, 0.4) is 0 Å². The maximum absolute atomic E-state index is 10.9. The monoisotopic (exact) mass is 401 g/mol. The molecule has 0 bridgehead atoms. The second-order valence-corrected chi connectivity index (χ2v) is 7.85. The van der Waals surface area contributed by atoms with Crippen LogP contribution >= 0.6 is 0 Å². The van der Waals surface area contributed by atoms with Gasteiger partial charge in [-0.3, -0.25) is 9.25 Å². The zero-order chi connectivity index (χ0) is 21.5. The quantitative estimate of drug-likeness (QED) is 0.538. The molecule has 1 aromatic carbocycles. The van der Waals surface area contributed by atoms with E-state index in [9.17, 15) is 10.4 Å². The number of ether oxygens (including phenoxy) is 1. The molecule has 0 amide bonds. The van der Waals surface area contributed by atoms with Crippen LogP contribution in [-0.2, 0) is 16.9 Å². The average Bonchev–Trinajstić information content (AvgIpc) is 3.34. The van der Waals surface area contributed by atoms with Crippen LogP contribution in [-0.4, -0.2) is 31.5 Å². The molecular formula is C23H23N5O2. The van der Waals surface area contributed by atoms with Crippen molar-refractivity contribution in [3.05, 3.63) is 60.0 Å². The molecule has 3 aromatic heterocycles. The zero-order valence-corrected chi connectivity index (χ0v) is 17.4. The molecule has 4 rings (SSSR count). The van der Waals surface area contributed by atoms with E-state index in [1.165, 1.54) is 0 Å². The van der Waals surface area contributed by atoms with Gasteiger partial charge in [-0.15, -0.1) is 0 Å². The van der Waals surface area contributed by atoms with E-state index in [1.807, 2.05) is 31.2 Å². The molecule has 3 heterocycles. The maximum Gasteiger partial charge on any atom is 0.205 e. The first-order valence-corrected chi connectivity index (χ1v) is 9.61. The summed E-state index contributed by atoms with van der Waals surface area (Å²) < 4.78 is 8.46. The van der Waals surface area contributed by atoms with Crippen molar-refractivity contribution < 1.29 is 9.84 Å². The summed E-state index contributed by atoms with van der Waals surface area (Å²) in [7, 11) is 1.67. The minimum atomic E-state index is -0.783. The van der Waals surface area contributed by atoms with E-state index in [0.29, 0.717) is 23.2 Å².